The first-order chi connectivity index (χ1) is 7.15. The molecular weight excluding hydrogens is 254 g/mol. The van der Waals surface area contributed by atoms with Crippen LogP contribution in [0.4, 0.5) is 0 Å². The molecule has 0 bridgehead atoms. The van der Waals surface area contributed by atoms with Crippen molar-refractivity contribution in [1.82, 2.24) is 0 Å². The van der Waals surface area contributed by atoms with E-state index in [1.165, 1.54) is 0 Å². The summed E-state index contributed by atoms with van der Waals surface area (Å²) in [7, 11) is 0. The van der Waals surface area contributed by atoms with Crippen LogP contribution in [0.2, 0.25) is 10.0 Å². The van der Waals surface area contributed by atoms with Gasteiger partial charge in [0.05, 0.1) is 5.02 Å². The molecule has 0 unspecified atom stereocenters. The van der Waals surface area contributed by atoms with E-state index < -0.39 is 0 Å². The Morgan fingerprint density at radius 1 is 1.20 bits per heavy atom. The molecule has 0 aliphatic rings. The number of carbonyl (C=O) groups is 1. The van der Waals surface area contributed by atoms with Crippen LogP contribution in [0.15, 0.2) is 18.2 Å². The highest BCUT2D eigenvalue weighted by atomic mass is 35.5. The van der Waals surface area contributed by atoms with E-state index in [4.69, 9.17) is 34.8 Å². The molecule has 0 fully saturated rings. The van der Waals surface area contributed by atoms with Crippen LogP contribution >= 0.6 is 34.8 Å². The van der Waals surface area contributed by atoms with Crippen molar-refractivity contribution >= 4 is 40.6 Å². The van der Waals surface area contributed by atoms with Gasteiger partial charge in [0.2, 0.25) is 0 Å². The van der Waals surface area contributed by atoms with Crippen molar-refractivity contribution in [3.05, 3.63) is 33.8 Å². The third-order valence-corrected chi connectivity index (χ3v) is 2.85. The number of benzene rings is 1. The molecule has 0 aliphatic heterocycles. The molecule has 4 heteroatoms. The van der Waals surface area contributed by atoms with Crippen LogP contribution in [0.1, 0.15) is 29.6 Å². The summed E-state index contributed by atoms with van der Waals surface area (Å²) in [6, 6.07) is 4.91. The largest absolute Gasteiger partial charge is 0.294 e. The summed E-state index contributed by atoms with van der Waals surface area (Å²) in [5.41, 5.74) is 0.499. The van der Waals surface area contributed by atoms with Gasteiger partial charge in [-0.05, 0) is 31.0 Å². The van der Waals surface area contributed by atoms with Crippen molar-refractivity contribution in [1.29, 1.82) is 0 Å². The predicted molar refractivity (Wildman–Crippen MR) is 65.4 cm³/mol. The lowest BCUT2D eigenvalue weighted by Crippen LogP contribution is -2.00. The van der Waals surface area contributed by atoms with Crippen molar-refractivity contribution in [3.63, 3.8) is 0 Å². The fourth-order valence-electron chi connectivity index (χ4n) is 1.23. The van der Waals surface area contributed by atoms with Crippen LogP contribution in [-0.4, -0.2) is 11.7 Å². The molecule has 0 amide bonds. The first-order valence-electron chi connectivity index (χ1n) is 4.69. The summed E-state index contributed by atoms with van der Waals surface area (Å²) in [4.78, 5) is 11.7. The summed E-state index contributed by atoms with van der Waals surface area (Å²) in [5, 5.41) is 0.982. The quantitative estimate of drug-likeness (QED) is 0.432. The average molecular weight is 266 g/mol. The van der Waals surface area contributed by atoms with E-state index in [0.29, 0.717) is 27.9 Å². The third kappa shape index (κ3) is 4.02. The van der Waals surface area contributed by atoms with Crippen LogP contribution in [0.5, 0.6) is 0 Å². The molecule has 1 aromatic carbocycles. The Bertz CT molecular complexity index is 350. The van der Waals surface area contributed by atoms with E-state index in [9.17, 15) is 4.79 Å². The number of ketones is 1. The second kappa shape index (κ2) is 6.37. The fraction of sp³-hybridized carbons (Fsp3) is 0.364. The number of carbonyl (C=O) groups excluding carboxylic acids is 1. The van der Waals surface area contributed by atoms with E-state index in [2.05, 4.69) is 0 Å². The predicted octanol–water partition coefficient (Wildman–Crippen LogP) is 4.59. The minimum Gasteiger partial charge on any atom is -0.294 e. The van der Waals surface area contributed by atoms with E-state index >= 15 is 0 Å². The van der Waals surface area contributed by atoms with Gasteiger partial charge in [0.25, 0.3) is 0 Å². The number of hydrogen-bond donors (Lipinski definition) is 0. The van der Waals surface area contributed by atoms with Crippen molar-refractivity contribution in [2.75, 3.05) is 5.88 Å². The summed E-state index contributed by atoms with van der Waals surface area (Å²) in [6.07, 6.45) is 2.09. The number of Topliss-reactive ketones (excluding diaryl/α,β-unsaturated/α-hetero) is 1. The number of hydrogen-bond acceptors (Lipinski definition) is 1. The smallest absolute Gasteiger partial charge is 0.164 e. The number of unbranched alkanes of at least 4 members (excludes halogenated alkanes) is 1. The van der Waals surface area contributed by atoms with Crippen LogP contribution in [-0.2, 0) is 0 Å². The fourth-order valence-corrected chi connectivity index (χ4v) is 1.81. The topological polar surface area (TPSA) is 17.1 Å². The molecule has 0 aromatic heterocycles. The molecule has 0 spiro atoms. The van der Waals surface area contributed by atoms with Crippen LogP contribution in [0.3, 0.4) is 0 Å². The maximum Gasteiger partial charge on any atom is 0.164 e. The minimum atomic E-state index is 0.0209. The van der Waals surface area contributed by atoms with Gasteiger partial charge in [-0.2, -0.15) is 0 Å². The molecule has 0 aliphatic carbocycles. The highest BCUT2D eigenvalue weighted by molar-refractivity contribution is 6.35. The highest BCUT2D eigenvalue weighted by Gasteiger charge is 2.10. The first-order valence-corrected chi connectivity index (χ1v) is 5.98. The van der Waals surface area contributed by atoms with Gasteiger partial charge in [-0.3, -0.25) is 4.79 Å². The van der Waals surface area contributed by atoms with Gasteiger partial charge in [-0.25, -0.2) is 0 Å². The first kappa shape index (κ1) is 12.8. The Kier molecular flexibility index (Phi) is 5.44. The number of alkyl halides is 1. The summed E-state index contributed by atoms with van der Waals surface area (Å²) in [5.74, 6) is 0.601. The summed E-state index contributed by atoms with van der Waals surface area (Å²) >= 11 is 17.2. The maximum atomic E-state index is 11.7. The molecule has 0 saturated heterocycles. The van der Waals surface area contributed by atoms with Gasteiger partial charge in [-0.1, -0.05) is 23.2 Å². The number of halogens is 3. The van der Waals surface area contributed by atoms with Gasteiger partial charge in [0.15, 0.2) is 5.78 Å². The molecule has 1 nitrogen and oxygen atoms in total. The van der Waals surface area contributed by atoms with Gasteiger partial charge < -0.3 is 0 Å². The Morgan fingerprint density at radius 2 is 1.93 bits per heavy atom. The van der Waals surface area contributed by atoms with Crippen molar-refractivity contribution in [3.8, 4) is 0 Å². The molecule has 1 rings (SSSR count). The molecule has 0 atom stereocenters. The highest BCUT2D eigenvalue weighted by Crippen LogP contribution is 2.22. The molecule has 0 radical (unpaired) electrons. The average Bonchev–Trinajstić information content (AvgIpc) is 2.22. The van der Waals surface area contributed by atoms with Crippen molar-refractivity contribution in [2.45, 2.75) is 19.3 Å². The van der Waals surface area contributed by atoms with E-state index in [1.54, 1.807) is 18.2 Å². The minimum absolute atomic E-state index is 0.0209. The molecular formula is C11H11Cl3O. The maximum absolute atomic E-state index is 11.7. The zero-order valence-electron chi connectivity index (χ0n) is 8.10. The van der Waals surface area contributed by atoms with Gasteiger partial charge in [0.1, 0.15) is 0 Å². The molecule has 0 saturated carbocycles. The molecule has 82 valence electrons. The molecule has 15 heavy (non-hydrogen) atoms. The van der Waals surface area contributed by atoms with Gasteiger partial charge in [-0.15, -0.1) is 11.6 Å². The van der Waals surface area contributed by atoms with Gasteiger partial charge >= 0.3 is 0 Å². The van der Waals surface area contributed by atoms with Crippen LogP contribution < -0.4 is 0 Å². The van der Waals surface area contributed by atoms with Crippen molar-refractivity contribution < 1.29 is 4.79 Å². The summed E-state index contributed by atoms with van der Waals surface area (Å²) < 4.78 is 0. The normalized spacial score (nSPS) is 10.3. The standard InChI is InChI=1S/C11H11Cl3O/c12-6-2-1-3-11(15)9-7-8(13)4-5-10(9)14/h4-5,7H,1-3,6H2. The second-order valence-electron chi connectivity index (χ2n) is 3.19. The van der Waals surface area contributed by atoms with E-state index in [-0.39, 0.29) is 5.78 Å². The van der Waals surface area contributed by atoms with E-state index in [0.717, 1.165) is 12.8 Å². The van der Waals surface area contributed by atoms with Crippen LogP contribution in [0.25, 0.3) is 0 Å². The SMILES string of the molecule is O=C(CCCCCl)c1cc(Cl)ccc1Cl. The van der Waals surface area contributed by atoms with Crippen LogP contribution in [0, 0.1) is 0 Å². The van der Waals surface area contributed by atoms with Gasteiger partial charge in [0, 0.05) is 22.9 Å². The lowest BCUT2D eigenvalue weighted by atomic mass is 10.1. The lowest BCUT2D eigenvalue weighted by molar-refractivity contribution is 0.0980. The zero-order chi connectivity index (χ0) is 11.3. The second-order valence-corrected chi connectivity index (χ2v) is 4.42. The third-order valence-electron chi connectivity index (χ3n) is 2.02. The lowest BCUT2D eigenvalue weighted by Gasteiger charge is -2.03. The summed E-state index contributed by atoms with van der Waals surface area (Å²) in [6.45, 7) is 0. The Balaban J connectivity index is 2.68. The molecule has 0 heterocycles. The van der Waals surface area contributed by atoms with E-state index in [1.807, 2.05) is 0 Å². The van der Waals surface area contributed by atoms with Crippen molar-refractivity contribution in [2.24, 2.45) is 0 Å². The zero-order valence-corrected chi connectivity index (χ0v) is 10.4. The Labute approximate surface area is 104 Å². The monoisotopic (exact) mass is 264 g/mol. The number of rotatable bonds is 5. The molecule has 0 N–H and O–H groups in total. The molecule has 1 aromatic rings. The Morgan fingerprint density at radius 3 is 2.60 bits per heavy atom. The Hall–Kier alpha value is -0.240.